The third kappa shape index (κ3) is 2.31. The predicted molar refractivity (Wildman–Crippen MR) is 80.4 cm³/mol. The maximum absolute atomic E-state index is 14.0. The highest BCUT2D eigenvalue weighted by Gasteiger charge is 2.18. The molecule has 0 atom stereocenters. The number of para-hydroxylation sites is 1. The minimum atomic E-state index is -0.311. The fraction of sp³-hybridized carbons (Fsp3) is 0.333. The first-order valence-electron chi connectivity index (χ1n) is 7.00. The zero-order chi connectivity index (χ0) is 15.0. The molecule has 0 amide bonds. The molecule has 0 saturated heterocycles. The summed E-state index contributed by atoms with van der Waals surface area (Å²) in [5, 5.41) is 0. The Morgan fingerprint density at radius 1 is 1.33 bits per heavy atom. The number of rotatable bonds is 4. The molecule has 0 spiro atoms. The molecule has 1 aromatic carbocycles. The van der Waals surface area contributed by atoms with Crippen molar-refractivity contribution >= 4 is 11.0 Å². The lowest BCUT2D eigenvalue weighted by atomic mass is 10.3. The average molecular weight is 287 g/mol. The van der Waals surface area contributed by atoms with Gasteiger partial charge in [0.15, 0.2) is 11.6 Å². The molecule has 5 nitrogen and oxygen atoms in total. The molecule has 0 bridgehead atoms. The highest BCUT2D eigenvalue weighted by molar-refractivity contribution is 5.80. The van der Waals surface area contributed by atoms with Crippen molar-refractivity contribution in [3.63, 3.8) is 0 Å². The summed E-state index contributed by atoms with van der Waals surface area (Å²) in [6.07, 6.45) is 3.62. The molecule has 2 N–H and O–H groups in total. The lowest BCUT2D eigenvalue weighted by Crippen LogP contribution is -2.07. The fourth-order valence-corrected chi connectivity index (χ4v) is 2.53. The van der Waals surface area contributed by atoms with Crippen LogP contribution >= 0.6 is 0 Å². The number of nitrogens with zero attached hydrogens (tertiary/aromatic N) is 4. The van der Waals surface area contributed by atoms with E-state index in [9.17, 15) is 4.39 Å². The first-order chi connectivity index (χ1) is 10.1. The van der Waals surface area contributed by atoms with E-state index in [-0.39, 0.29) is 11.9 Å². The van der Waals surface area contributed by atoms with E-state index in [4.69, 9.17) is 5.73 Å². The van der Waals surface area contributed by atoms with Gasteiger partial charge in [-0.1, -0.05) is 6.07 Å². The van der Waals surface area contributed by atoms with Crippen LogP contribution in [0.5, 0.6) is 0 Å². The highest BCUT2D eigenvalue weighted by atomic mass is 19.1. The summed E-state index contributed by atoms with van der Waals surface area (Å²) in [5.41, 5.74) is 7.45. The number of benzene rings is 1. The quantitative estimate of drug-likeness (QED) is 0.802. The van der Waals surface area contributed by atoms with E-state index < -0.39 is 0 Å². The largest absolute Gasteiger partial charge is 0.335 e. The van der Waals surface area contributed by atoms with Gasteiger partial charge in [-0.3, -0.25) is 0 Å². The van der Waals surface area contributed by atoms with E-state index in [2.05, 4.69) is 9.97 Å². The molecule has 0 radical (unpaired) electrons. The number of hydrogen-bond acceptors (Lipinski definition) is 3. The number of nitrogens with two attached hydrogens (primary N) is 1. The molecule has 2 aromatic heterocycles. The summed E-state index contributed by atoms with van der Waals surface area (Å²) >= 11 is 0. The molecule has 0 aliphatic carbocycles. The molecular formula is C15H18FN5. The Morgan fingerprint density at radius 3 is 2.86 bits per heavy atom. The molecule has 3 rings (SSSR count). The molecule has 0 unspecified atom stereocenters. The van der Waals surface area contributed by atoms with E-state index in [1.165, 1.54) is 6.07 Å². The first kappa shape index (κ1) is 13.8. The monoisotopic (exact) mass is 287 g/mol. The van der Waals surface area contributed by atoms with Crippen LogP contribution in [0.1, 0.15) is 19.9 Å². The van der Waals surface area contributed by atoms with Crippen molar-refractivity contribution in [2.75, 3.05) is 6.54 Å². The topological polar surface area (TPSA) is 61.7 Å². The van der Waals surface area contributed by atoms with Crippen LogP contribution in [0, 0.1) is 5.82 Å². The summed E-state index contributed by atoms with van der Waals surface area (Å²) < 4.78 is 17.9. The maximum atomic E-state index is 14.0. The van der Waals surface area contributed by atoms with Crippen molar-refractivity contribution in [3.05, 3.63) is 36.5 Å². The molecule has 0 saturated carbocycles. The van der Waals surface area contributed by atoms with Gasteiger partial charge in [-0.05, 0) is 26.0 Å². The van der Waals surface area contributed by atoms with Crippen molar-refractivity contribution in [3.8, 4) is 11.5 Å². The Morgan fingerprint density at radius 2 is 2.14 bits per heavy atom. The van der Waals surface area contributed by atoms with Gasteiger partial charge >= 0.3 is 0 Å². The third-order valence-corrected chi connectivity index (χ3v) is 3.44. The van der Waals surface area contributed by atoms with Crippen LogP contribution in [0.2, 0.25) is 0 Å². The normalized spacial score (nSPS) is 11.7. The lowest BCUT2D eigenvalue weighted by Gasteiger charge is -2.11. The first-order valence-corrected chi connectivity index (χ1v) is 7.00. The van der Waals surface area contributed by atoms with Gasteiger partial charge in [0.2, 0.25) is 0 Å². The lowest BCUT2D eigenvalue weighted by molar-refractivity contribution is 0.622. The molecule has 0 aliphatic heterocycles. The average Bonchev–Trinajstić information content (AvgIpc) is 3.03. The molecule has 2 heterocycles. The van der Waals surface area contributed by atoms with Crippen molar-refractivity contribution in [2.24, 2.45) is 5.73 Å². The number of fused-ring (bicyclic) bond motifs is 1. The van der Waals surface area contributed by atoms with Gasteiger partial charge in [0.05, 0.1) is 11.8 Å². The zero-order valence-corrected chi connectivity index (χ0v) is 12.1. The molecule has 0 aliphatic rings. The summed E-state index contributed by atoms with van der Waals surface area (Å²) in [4.78, 5) is 8.83. The second-order valence-electron chi connectivity index (χ2n) is 5.29. The van der Waals surface area contributed by atoms with Crippen LogP contribution in [0.4, 0.5) is 4.39 Å². The van der Waals surface area contributed by atoms with E-state index in [0.717, 1.165) is 11.2 Å². The number of halogens is 1. The van der Waals surface area contributed by atoms with E-state index in [1.54, 1.807) is 12.4 Å². The Balaban J connectivity index is 2.20. The van der Waals surface area contributed by atoms with Crippen molar-refractivity contribution < 1.29 is 4.39 Å². The minimum absolute atomic E-state index is 0.159. The number of imidazole rings is 2. The van der Waals surface area contributed by atoms with Gasteiger partial charge in [-0.25, -0.2) is 14.4 Å². The van der Waals surface area contributed by atoms with Crippen LogP contribution in [-0.2, 0) is 6.54 Å². The minimum Gasteiger partial charge on any atom is -0.335 e. The van der Waals surface area contributed by atoms with Crippen molar-refractivity contribution in [1.82, 2.24) is 19.1 Å². The predicted octanol–water partition coefficient (Wildman–Crippen LogP) is 2.58. The highest BCUT2D eigenvalue weighted by Crippen LogP contribution is 2.28. The third-order valence-electron chi connectivity index (χ3n) is 3.44. The number of hydrogen-bond donors (Lipinski definition) is 1. The Hall–Kier alpha value is -2.21. The Bertz CT molecular complexity index is 772. The Labute approximate surface area is 122 Å². The standard InChI is InChI=1S/C15H18FN5/c1-10(2)21-13-5-3-4-11(16)14(13)19-15(21)12-8-20(7-6-17)9-18-12/h3-5,8-10H,6-7,17H2,1-2H3. The van der Waals surface area contributed by atoms with Crippen LogP contribution in [0.25, 0.3) is 22.6 Å². The molecule has 3 aromatic rings. The molecular weight excluding hydrogens is 269 g/mol. The van der Waals surface area contributed by atoms with Crippen LogP contribution < -0.4 is 5.73 Å². The fourth-order valence-electron chi connectivity index (χ4n) is 2.53. The molecule has 6 heteroatoms. The van der Waals surface area contributed by atoms with Gasteiger partial charge in [0, 0.05) is 25.3 Å². The second kappa shape index (κ2) is 5.29. The smallest absolute Gasteiger partial charge is 0.161 e. The zero-order valence-electron chi connectivity index (χ0n) is 12.1. The van der Waals surface area contributed by atoms with Crippen molar-refractivity contribution in [1.29, 1.82) is 0 Å². The maximum Gasteiger partial charge on any atom is 0.161 e. The van der Waals surface area contributed by atoms with Crippen LogP contribution in [-0.4, -0.2) is 25.6 Å². The van der Waals surface area contributed by atoms with Gasteiger partial charge in [-0.2, -0.15) is 0 Å². The van der Waals surface area contributed by atoms with Crippen molar-refractivity contribution in [2.45, 2.75) is 26.4 Å². The summed E-state index contributed by atoms with van der Waals surface area (Å²) in [5.74, 6) is 0.371. The Kier molecular flexibility index (Phi) is 3.47. The van der Waals surface area contributed by atoms with Crippen LogP contribution in [0.15, 0.2) is 30.7 Å². The second-order valence-corrected chi connectivity index (χ2v) is 5.29. The summed E-state index contributed by atoms with van der Waals surface area (Å²) in [6.45, 7) is 5.34. The van der Waals surface area contributed by atoms with Gasteiger partial charge in [0.1, 0.15) is 11.2 Å². The van der Waals surface area contributed by atoms with Gasteiger partial charge in [-0.15, -0.1) is 0 Å². The molecule has 21 heavy (non-hydrogen) atoms. The summed E-state index contributed by atoms with van der Waals surface area (Å²) in [7, 11) is 0. The molecule has 0 fully saturated rings. The van der Waals surface area contributed by atoms with Crippen LogP contribution in [0.3, 0.4) is 0 Å². The van der Waals surface area contributed by atoms with Gasteiger partial charge in [0.25, 0.3) is 0 Å². The summed E-state index contributed by atoms with van der Waals surface area (Å²) in [6, 6.07) is 5.17. The van der Waals surface area contributed by atoms with E-state index in [1.807, 2.05) is 35.2 Å². The van der Waals surface area contributed by atoms with E-state index >= 15 is 0 Å². The SMILES string of the molecule is CC(C)n1c(-c2cn(CCN)cn2)nc2c(F)cccc21. The molecule has 110 valence electrons. The number of aromatic nitrogens is 4. The van der Waals surface area contributed by atoms with E-state index in [0.29, 0.717) is 24.4 Å². The van der Waals surface area contributed by atoms with Gasteiger partial charge < -0.3 is 14.9 Å².